The zero-order valence-electron chi connectivity index (χ0n) is 10.6. The molecule has 0 saturated carbocycles. The third-order valence-corrected chi connectivity index (χ3v) is 2.94. The molecule has 0 aromatic heterocycles. The van der Waals surface area contributed by atoms with E-state index in [1.165, 1.54) is 0 Å². The third-order valence-electron chi connectivity index (χ3n) is 2.66. The summed E-state index contributed by atoms with van der Waals surface area (Å²) in [5.74, 6) is 7.04. The SMILES string of the molecule is COc1cc(C(NN)C(C)C)cc(Cl)c1OC. The van der Waals surface area contributed by atoms with Crippen LogP contribution in [0.5, 0.6) is 11.5 Å². The highest BCUT2D eigenvalue weighted by Gasteiger charge is 2.18. The Morgan fingerprint density at radius 1 is 1.24 bits per heavy atom. The summed E-state index contributed by atoms with van der Waals surface area (Å²) in [6, 6.07) is 3.75. The minimum Gasteiger partial charge on any atom is -0.493 e. The molecule has 5 heteroatoms. The molecular weight excluding hydrogens is 240 g/mol. The maximum atomic E-state index is 6.15. The van der Waals surface area contributed by atoms with Crippen LogP contribution in [0, 0.1) is 5.92 Å². The van der Waals surface area contributed by atoms with Crippen LogP contribution in [0.2, 0.25) is 5.02 Å². The first-order chi connectivity index (χ1) is 8.04. The fourth-order valence-corrected chi connectivity index (χ4v) is 2.09. The smallest absolute Gasteiger partial charge is 0.179 e. The van der Waals surface area contributed by atoms with Gasteiger partial charge in [0.15, 0.2) is 11.5 Å². The summed E-state index contributed by atoms with van der Waals surface area (Å²) in [7, 11) is 3.14. The number of halogens is 1. The standard InChI is InChI=1S/C12H19ClN2O2/c1-7(2)11(15-14)8-5-9(13)12(17-4)10(6-8)16-3/h5-7,11,15H,14H2,1-4H3. The number of ether oxygens (including phenoxy) is 2. The molecule has 0 bridgehead atoms. The van der Waals surface area contributed by atoms with E-state index >= 15 is 0 Å². The van der Waals surface area contributed by atoms with Gasteiger partial charge in [0.2, 0.25) is 0 Å². The van der Waals surface area contributed by atoms with Crippen LogP contribution in [0.15, 0.2) is 12.1 Å². The Morgan fingerprint density at radius 2 is 1.88 bits per heavy atom. The van der Waals surface area contributed by atoms with Crippen molar-refractivity contribution in [3.8, 4) is 11.5 Å². The summed E-state index contributed by atoms with van der Waals surface area (Å²) in [5.41, 5.74) is 3.76. The molecule has 0 heterocycles. The van der Waals surface area contributed by atoms with E-state index in [0.29, 0.717) is 22.4 Å². The number of hydrazine groups is 1. The molecule has 1 aromatic carbocycles. The number of hydrogen-bond donors (Lipinski definition) is 2. The predicted octanol–water partition coefficient (Wildman–Crippen LogP) is 2.52. The summed E-state index contributed by atoms with van der Waals surface area (Å²) in [6.45, 7) is 4.16. The number of hydrogen-bond acceptors (Lipinski definition) is 4. The van der Waals surface area contributed by atoms with Crippen molar-refractivity contribution < 1.29 is 9.47 Å². The Morgan fingerprint density at radius 3 is 2.29 bits per heavy atom. The summed E-state index contributed by atoms with van der Waals surface area (Å²) >= 11 is 6.15. The molecule has 0 aliphatic heterocycles. The highest BCUT2D eigenvalue weighted by molar-refractivity contribution is 6.32. The molecular formula is C12H19ClN2O2. The highest BCUT2D eigenvalue weighted by Crippen LogP contribution is 2.38. The van der Waals surface area contributed by atoms with Crippen molar-refractivity contribution in [1.29, 1.82) is 0 Å². The van der Waals surface area contributed by atoms with Crippen molar-refractivity contribution in [3.05, 3.63) is 22.7 Å². The van der Waals surface area contributed by atoms with Crippen molar-refractivity contribution in [2.45, 2.75) is 19.9 Å². The molecule has 4 nitrogen and oxygen atoms in total. The Labute approximate surface area is 107 Å². The molecule has 0 radical (unpaired) electrons. The molecule has 1 rings (SSSR count). The normalized spacial score (nSPS) is 12.6. The number of benzene rings is 1. The van der Waals surface area contributed by atoms with Crippen molar-refractivity contribution in [2.75, 3.05) is 14.2 Å². The first-order valence-corrected chi connectivity index (χ1v) is 5.80. The molecule has 0 fully saturated rings. The van der Waals surface area contributed by atoms with Crippen molar-refractivity contribution in [3.63, 3.8) is 0 Å². The Balaban J connectivity index is 3.23. The molecule has 17 heavy (non-hydrogen) atoms. The molecule has 1 aromatic rings. The lowest BCUT2D eigenvalue weighted by Gasteiger charge is -2.22. The second-order valence-electron chi connectivity index (χ2n) is 4.13. The van der Waals surface area contributed by atoms with Crippen LogP contribution in [0.4, 0.5) is 0 Å². The summed E-state index contributed by atoms with van der Waals surface area (Å²) in [4.78, 5) is 0. The number of nitrogens with one attached hydrogen (secondary N) is 1. The van der Waals surface area contributed by atoms with Gasteiger partial charge in [0.25, 0.3) is 0 Å². The average Bonchev–Trinajstić information content (AvgIpc) is 2.28. The van der Waals surface area contributed by atoms with Crippen LogP contribution in [0.3, 0.4) is 0 Å². The van der Waals surface area contributed by atoms with E-state index in [1.807, 2.05) is 12.1 Å². The maximum Gasteiger partial charge on any atom is 0.179 e. The topological polar surface area (TPSA) is 56.5 Å². The van der Waals surface area contributed by atoms with E-state index < -0.39 is 0 Å². The van der Waals surface area contributed by atoms with Gasteiger partial charge in [0, 0.05) is 6.04 Å². The van der Waals surface area contributed by atoms with Crippen LogP contribution in [0.25, 0.3) is 0 Å². The van der Waals surface area contributed by atoms with Crippen LogP contribution >= 0.6 is 11.6 Å². The quantitative estimate of drug-likeness (QED) is 0.629. The first kappa shape index (κ1) is 14.1. The Hall–Kier alpha value is -0.970. The van der Waals surface area contributed by atoms with Crippen LogP contribution < -0.4 is 20.7 Å². The van der Waals surface area contributed by atoms with Gasteiger partial charge < -0.3 is 9.47 Å². The minimum atomic E-state index is 0.0207. The lowest BCUT2D eigenvalue weighted by molar-refractivity contribution is 0.352. The third kappa shape index (κ3) is 3.03. The molecule has 3 N–H and O–H groups in total. The number of rotatable bonds is 5. The molecule has 0 aliphatic rings. The summed E-state index contributed by atoms with van der Waals surface area (Å²) in [5, 5.41) is 0.516. The fourth-order valence-electron chi connectivity index (χ4n) is 1.79. The van der Waals surface area contributed by atoms with Crippen LogP contribution in [0.1, 0.15) is 25.5 Å². The maximum absolute atomic E-state index is 6.15. The molecule has 1 atom stereocenters. The van der Waals surface area contributed by atoms with Crippen molar-refractivity contribution in [2.24, 2.45) is 11.8 Å². The second-order valence-corrected chi connectivity index (χ2v) is 4.53. The van der Waals surface area contributed by atoms with Crippen LogP contribution in [-0.2, 0) is 0 Å². The molecule has 0 aliphatic carbocycles. The van der Waals surface area contributed by atoms with E-state index in [-0.39, 0.29) is 6.04 Å². The predicted molar refractivity (Wildman–Crippen MR) is 69.5 cm³/mol. The van der Waals surface area contributed by atoms with E-state index in [9.17, 15) is 0 Å². The highest BCUT2D eigenvalue weighted by atomic mass is 35.5. The lowest BCUT2D eigenvalue weighted by atomic mass is 9.96. The van der Waals surface area contributed by atoms with Gasteiger partial charge in [0.05, 0.1) is 19.2 Å². The number of methoxy groups -OCH3 is 2. The first-order valence-electron chi connectivity index (χ1n) is 5.42. The molecule has 96 valence electrons. The molecule has 0 saturated heterocycles. The van der Waals surface area contributed by atoms with Gasteiger partial charge in [-0.3, -0.25) is 11.3 Å². The molecule has 1 unspecified atom stereocenters. The zero-order valence-corrected chi connectivity index (χ0v) is 11.3. The van der Waals surface area contributed by atoms with E-state index in [1.54, 1.807) is 14.2 Å². The van der Waals surface area contributed by atoms with Gasteiger partial charge in [-0.25, -0.2) is 0 Å². The lowest BCUT2D eigenvalue weighted by Crippen LogP contribution is -2.31. The minimum absolute atomic E-state index is 0.0207. The zero-order chi connectivity index (χ0) is 13.0. The van der Waals surface area contributed by atoms with Crippen molar-refractivity contribution >= 4 is 11.6 Å². The largest absolute Gasteiger partial charge is 0.493 e. The molecule has 0 spiro atoms. The van der Waals surface area contributed by atoms with Crippen molar-refractivity contribution in [1.82, 2.24) is 5.43 Å². The van der Waals surface area contributed by atoms with E-state index in [0.717, 1.165) is 5.56 Å². The second kappa shape index (κ2) is 6.10. The Kier molecular flexibility index (Phi) is 5.05. The van der Waals surface area contributed by atoms with Gasteiger partial charge >= 0.3 is 0 Å². The molecule has 0 amide bonds. The van der Waals surface area contributed by atoms with Gasteiger partial charge in [0.1, 0.15) is 0 Å². The van der Waals surface area contributed by atoms with Gasteiger partial charge in [-0.15, -0.1) is 0 Å². The fraction of sp³-hybridized carbons (Fsp3) is 0.500. The van der Waals surface area contributed by atoms with Gasteiger partial charge in [-0.1, -0.05) is 25.4 Å². The van der Waals surface area contributed by atoms with Crippen LogP contribution in [-0.4, -0.2) is 14.2 Å². The van der Waals surface area contributed by atoms with E-state index in [4.69, 9.17) is 26.9 Å². The van der Waals surface area contributed by atoms with E-state index in [2.05, 4.69) is 19.3 Å². The monoisotopic (exact) mass is 258 g/mol. The average molecular weight is 259 g/mol. The number of nitrogens with two attached hydrogens (primary N) is 1. The Bertz CT molecular complexity index is 383. The summed E-state index contributed by atoms with van der Waals surface area (Å²) < 4.78 is 10.4. The van der Waals surface area contributed by atoms with Gasteiger partial charge in [-0.2, -0.15) is 0 Å². The summed E-state index contributed by atoms with van der Waals surface area (Å²) in [6.07, 6.45) is 0. The van der Waals surface area contributed by atoms with Gasteiger partial charge in [-0.05, 0) is 23.6 Å².